The summed E-state index contributed by atoms with van der Waals surface area (Å²) in [6.07, 6.45) is 5.27. The van der Waals surface area contributed by atoms with Gasteiger partial charge in [-0.05, 0) is 11.6 Å². The van der Waals surface area contributed by atoms with Crippen molar-refractivity contribution in [3.63, 3.8) is 0 Å². The molecule has 0 bridgehead atoms. The summed E-state index contributed by atoms with van der Waals surface area (Å²) >= 11 is 0. The van der Waals surface area contributed by atoms with Crippen molar-refractivity contribution in [1.82, 2.24) is 29.5 Å². The van der Waals surface area contributed by atoms with Crippen LogP contribution in [0.5, 0.6) is 0 Å². The first-order valence-electron chi connectivity index (χ1n) is 7.66. The van der Waals surface area contributed by atoms with Crippen molar-refractivity contribution in [1.29, 1.82) is 5.26 Å². The Morgan fingerprint density at radius 1 is 1.20 bits per heavy atom. The Bertz CT molecular complexity index is 1090. The zero-order valence-electron chi connectivity index (χ0n) is 13.5. The van der Waals surface area contributed by atoms with E-state index >= 15 is 0 Å². The number of fused-ring (bicyclic) bond motifs is 1. The smallest absolute Gasteiger partial charge is 0.230 e. The summed E-state index contributed by atoms with van der Waals surface area (Å²) in [6, 6.07) is 11.5. The van der Waals surface area contributed by atoms with Crippen molar-refractivity contribution in [2.75, 3.05) is 5.32 Å². The van der Waals surface area contributed by atoms with E-state index in [9.17, 15) is 5.26 Å². The van der Waals surface area contributed by atoms with Gasteiger partial charge in [-0.15, -0.1) is 0 Å². The Labute approximate surface area is 143 Å². The molecular formula is C17H14N8. The van der Waals surface area contributed by atoms with Gasteiger partial charge in [0.25, 0.3) is 0 Å². The third-order valence-corrected chi connectivity index (χ3v) is 3.79. The molecule has 0 aliphatic carbocycles. The van der Waals surface area contributed by atoms with E-state index in [1.165, 1.54) is 0 Å². The number of nitrogens with zero attached hydrogens (tertiary/aromatic N) is 7. The quantitative estimate of drug-likeness (QED) is 0.616. The number of aryl methyl sites for hydroxylation is 1. The molecule has 8 heteroatoms. The molecule has 1 N–H and O–H groups in total. The van der Waals surface area contributed by atoms with Crippen molar-refractivity contribution in [2.45, 2.75) is 6.54 Å². The molecule has 4 rings (SSSR count). The number of nitrogens with one attached hydrogen (secondary N) is 1. The lowest BCUT2D eigenvalue weighted by atomic mass is 10.1. The lowest BCUT2D eigenvalue weighted by molar-refractivity contribution is 0.703. The molecule has 25 heavy (non-hydrogen) atoms. The fourth-order valence-corrected chi connectivity index (χ4v) is 2.57. The summed E-state index contributed by atoms with van der Waals surface area (Å²) < 4.78 is 3.46. The minimum atomic E-state index is 0.446. The van der Waals surface area contributed by atoms with Crippen LogP contribution in [0.15, 0.2) is 48.9 Å². The van der Waals surface area contributed by atoms with E-state index in [0.717, 1.165) is 10.9 Å². The highest BCUT2D eigenvalue weighted by atomic mass is 15.3. The summed E-state index contributed by atoms with van der Waals surface area (Å²) in [5, 5.41) is 21.8. The van der Waals surface area contributed by atoms with Gasteiger partial charge in [0, 0.05) is 25.5 Å². The average molecular weight is 330 g/mol. The Balaban J connectivity index is 1.68. The maximum Gasteiger partial charge on any atom is 0.230 e. The van der Waals surface area contributed by atoms with E-state index in [1.807, 2.05) is 37.5 Å². The first-order valence-corrected chi connectivity index (χ1v) is 7.66. The highest BCUT2D eigenvalue weighted by Gasteiger charge is 2.10. The number of hydrogen-bond donors (Lipinski definition) is 1. The maximum atomic E-state index is 9.25. The molecule has 0 radical (unpaired) electrons. The molecule has 1 aromatic carbocycles. The van der Waals surface area contributed by atoms with Crippen LogP contribution in [0.25, 0.3) is 11.0 Å². The third kappa shape index (κ3) is 2.90. The number of aromatic nitrogens is 6. The molecule has 0 aliphatic rings. The van der Waals surface area contributed by atoms with E-state index in [1.54, 1.807) is 27.8 Å². The Morgan fingerprint density at radius 2 is 2.08 bits per heavy atom. The van der Waals surface area contributed by atoms with Crippen molar-refractivity contribution < 1.29 is 0 Å². The van der Waals surface area contributed by atoms with Gasteiger partial charge in [0.05, 0.1) is 29.8 Å². The number of anilines is 2. The molecule has 3 aromatic heterocycles. The Morgan fingerprint density at radius 3 is 2.88 bits per heavy atom. The second-order valence-electron chi connectivity index (χ2n) is 5.54. The van der Waals surface area contributed by atoms with Crippen LogP contribution in [0.1, 0.15) is 11.1 Å². The van der Waals surface area contributed by atoms with Crippen LogP contribution in [-0.2, 0) is 13.6 Å². The van der Waals surface area contributed by atoms with Crippen LogP contribution >= 0.6 is 0 Å². The van der Waals surface area contributed by atoms with E-state index in [2.05, 4.69) is 31.6 Å². The molecule has 0 saturated heterocycles. The lowest BCUT2D eigenvalue weighted by Gasteiger charge is -2.06. The Hall–Kier alpha value is -3.73. The van der Waals surface area contributed by atoms with Crippen LogP contribution in [0.3, 0.4) is 0 Å². The van der Waals surface area contributed by atoms with Gasteiger partial charge in [-0.3, -0.25) is 4.68 Å². The van der Waals surface area contributed by atoms with E-state index < -0.39 is 0 Å². The second-order valence-corrected chi connectivity index (χ2v) is 5.54. The SMILES string of the molecule is Cn1ccc(Nc2ncc3cnn(Cc4ccccc4C#N)c3n2)n1. The van der Waals surface area contributed by atoms with E-state index in [4.69, 9.17) is 0 Å². The first kappa shape index (κ1) is 14.8. The van der Waals surface area contributed by atoms with Crippen LogP contribution in [0.4, 0.5) is 11.8 Å². The monoisotopic (exact) mass is 330 g/mol. The molecule has 0 saturated carbocycles. The van der Waals surface area contributed by atoms with E-state index in [-0.39, 0.29) is 0 Å². The molecule has 0 fully saturated rings. The van der Waals surface area contributed by atoms with Crippen LogP contribution in [-0.4, -0.2) is 29.5 Å². The molecule has 4 aromatic rings. The fraction of sp³-hybridized carbons (Fsp3) is 0.118. The van der Waals surface area contributed by atoms with Gasteiger partial charge in [-0.2, -0.15) is 20.4 Å². The molecule has 0 spiro atoms. The normalized spacial score (nSPS) is 10.7. The van der Waals surface area contributed by atoms with Gasteiger partial charge in [0.15, 0.2) is 11.5 Å². The van der Waals surface area contributed by atoms with Crippen molar-refractivity contribution in [3.05, 3.63) is 60.0 Å². The lowest BCUT2D eigenvalue weighted by Crippen LogP contribution is -2.06. The molecule has 8 nitrogen and oxygen atoms in total. The standard InChI is InChI=1S/C17H14N8/c1-24-7-6-15(23-24)21-17-19-9-14-10-20-25(16(14)22-17)11-13-5-3-2-4-12(13)8-18/h2-7,9-10H,11H2,1H3,(H,19,21,22,23). The largest absolute Gasteiger partial charge is 0.307 e. The summed E-state index contributed by atoms with van der Waals surface area (Å²) in [5.74, 6) is 1.12. The predicted molar refractivity (Wildman–Crippen MR) is 92.1 cm³/mol. The third-order valence-electron chi connectivity index (χ3n) is 3.79. The molecule has 0 amide bonds. The average Bonchev–Trinajstić information content (AvgIpc) is 3.22. The van der Waals surface area contributed by atoms with Crippen LogP contribution in [0, 0.1) is 11.3 Å². The van der Waals surface area contributed by atoms with Crippen molar-refractivity contribution >= 4 is 22.8 Å². The predicted octanol–water partition coefficient (Wildman–Crippen LogP) is 2.22. The molecule has 0 aliphatic heterocycles. The minimum Gasteiger partial charge on any atom is -0.307 e. The molecular weight excluding hydrogens is 316 g/mol. The second kappa shape index (κ2) is 6.05. The van der Waals surface area contributed by atoms with Crippen molar-refractivity contribution in [3.8, 4) is 6.07 Å². The zero-order valence-corrected chi connectivity index (χ0v) is 13.5. The van der Waals surface area contributed by atoms with E-state index in [0.29, 0.717) is 29.5 Å². The van der Waals surface area contributed by atoms with Gasteiger partial charge in [0.2, 0.25) is 5.95 Å². The fourth-order valence-electron chi connectivity index (χ4n) is 2.57. The maximum absolute atomic E-state index is 9.25. The summed E-state index contributed by atoms with van der Waals surface area (Å²) in [5.41, 5.74) is 2.22. The topological polar surface area (TPSA) is 97.2 Å². The van der Waals surface area contributed by atoms with Gasteiger partial charge >= 0.3 is 0 Å². The number of nitriles is 1. The highest BCUT2D eigenvalue weighted by Crippen LogP contribution is 2.17. The number of hydrogen-bond acceptors (Lipinski definition) is 6. The molecule has 0 unspecified atom stereocenters. The summed E-state index contributed by atoms with van der Waals surface area (Å²) in [4.78, 5) is 8.83. The minimum absolute atomic E-state index is 0.446. The van der Waals surface area contributed by atoms with Crippen LogP contribution in [0.2, 0.25) is 0 Å². The Kier molecular flexibility index (Phi) is 3.59. The summed E-state index contributed by atoms with van der Waals surface area (Å²) in [6.45, 7) is 0.466. The highest BCUT2D eigenvalue weighted by molar-refractivity contribution is 5.75. The zero-order chi connectivity index (χ0) is 17.2. The number of rotatable bonds is 4. The first-order chi connectivity index (χ1) is 12.2. The van der Waals surface area contributed by atoms with Gasteiger partial charge in [-0.1, -0.05) is 18.2 Å². The summed E-state index contributed by atoms with van der Waals surface area (Å²) in [7, 11) is 1.84. The van der Waals surface area contributed by atoms with Gasteiger partial charge < -0.3 is 5.32 Å². The number of benzene rings is 1. The van der Waals surface area contributed by atoms with Crippen molar-refractivity contribution in [2.24, 2.45) is 7.05 Å². The molecule has 3 heterocycles. The van der Waals surface area contributed by atoms with Gasteiger partial charge in [0.1, 0.15) is 0 Å². The van der Waals surface area contributed by atoms with Gasteiger partial charge in [-0.25, -0.2) is 9.67 Å². The van der Waals surface area contributed by atoms with Crippen LogP contribution < -0.4 is 5.32 Å². The molecule has 122 valence electrons. The molecule has 0 atom stereocenters.